The van der Waals surface area contributed by atoms with Crippen molar-refractivity contribution in [2.45, 2.75) is 13.0 Å². The van der Waals surface area contributed by atoms with Gasteiger partial charge in [0.1, 0.15) is 5.75 Å². The number of benzene rings is 1. The van der Waals surface area contributed by atoms with E-state index in [1.54, 1.807) is 0 Å². The minimum absolute atomic E-state index is 0.0104. The molecule has 2 N–H and O–H groups in total. The molecule has 1 heterocycles. The number of hydrogen-bond donors (Lipinski definition) is 2. The number of morpholine rings is 1. The zero-order valence-corrected chi connectivity index (χ0v) is 12.2. The van der Waals surface area contributed by atoms with Crippen LogP contribution in [0.1, 0.15) is 17.3 Å². The predicted molar refractivity (Wildman–Crippen MR) is 77.3 cm³/mol. The molecule has 20 heavy (non-hydrogen) atoms. The van der Waals surface area contributed by atoms with Gasteiger partial charge in [-0.3, -0.25) is 9.69 Å². The lowest BCUT2D eigenvalue weighted by molar-refractivity contribution is -0.0246. The second kappa shape index (κ2) is 6.92. The number of phenols is 1. The Hall–Kier alpha value is -1.30. The first-order chi connectivity index (χ1) is 9.60. The summed E-state index contributed by atoms with van der Waals surface area (Å²) in [5.41, 5.74) is 0.273. The van der Waals surface area contributed by atoms with Crippen LogP contribution in [0.3, 0.4) is 0 Å². The lowest BCUT2D eigenvalue weighted by Gasteiger charge is -2.32. The van der Waals surface area contributed by atoms with Crippen molar-refractivity contribution in [3.63, 3.8) is 0 Å². The van der Waals surface area contributed by atoms with Crippen molar-refractivity contribution in [2.75, 3.05) is 32.8 Å². The summed E-state index contributed by atoms with van der Waals surface area (Å²) >= 11 is 5.95. The van der Waals surface area contributed by atoms with E-state index in [2.05, 4.69) is 17.1 Å². The van der Waals surface area contributed by atoms with Crippen LogP contribution in [-0.2, 0) is 4.74 Å². The Morgan fingerprint density at radius 1 is 1.60 bits per heavy atom. The molecule has 2 rings (SSSR count). The van der Waals surface area contributed by atoms with E-state index < -0.39 is 0 Å². The topological polar surface area (TPSA) is 61.8 Å². The number of carbonyl (C=O) groups is 1. The summed E-state index contributed by atoms with van der Waals surface area (Å²) in [7, 11) is 0. The Kier molecular flexibility index (Phi) is 5.23. The monoisotopic (exact) mass is 298 g/mol. The van der Waals surface area contributed by atoms with Crippen molar-refractivity contribution < 1.29 is 14.6 Å². The maximum absolute atomic E-state index is 12.0. The number of phenolic OH excluding ortho intramolecular Hbond substituents is 1. The maximum atomic E-state index is 12.0. The molecule has 5 nitrogen and oxygen atoms in total. The summed E-state index contributed by atoms with van der Waals surface area (Å²) in [6, 6.07) is 4.31. The molecule has 110 valence electrons. The summed E-state index contributed by atoms with van der Waals surface area (Å²) < 4.78 is 5.61. The number of likely N-dealkylation sites (N-methyl/N-ethyl adjacent to an activating group) is 1. The summed E-state index contributed by atoms with van der Waals surface area (Å²) in [5, 5.41) is 12.5. The molecule has 6 heteroatoms. The molecule has 1 aromatic carbocycles. The molecule has 0 aromatic heterocycles. The first-order valence-electron chi connectivity index (χ1n) is 6.70. The first-order valence-corrected chi connectivity index (χ1v) is 7.08. The smallest absolute Gasteiger partial charge is 0.253 e. The van der Waals surface area contributed by atoms with Crippen molar-refractivity contribution in [1.29, 1.82) is 0 Å². The van der Waals surface area contributed by atoms with Gasteiger partial charge in [-0.25, -0.2) is 0 Å². The Bertz CT molecular complexity index is 481. The number of rotatable bonds is 4. The average Bonchev–Trinajstić information content (AvgIpc) is 2.47. The highest BCUT2D eigenvalue weighted by Crippen LogP contribution is 2.20. The molecule has 1 aliphatic heterocycles. The number of nitrogens with one attached hydrogen (secondary N) is 1. The number of hydrogen-bond acceptors (Lipinski definition) is 4. The van der Waals surface area contributed by atoms with Crippen LogP contribution in [0.15, 0.2) is 18.2 Å². The Balaban J connectivity index is 1.90. The molecule has 1 aliphatic rings. The van der Waals surface area contributed by atoms with E-state index in [1.807, 2.05) is 0 Å². The fourth-order valence-corrected chi connectivity index (χ4v) is 2.38. The van der Waals surface area contributed by atoms with Crippen molar-refractivity contribution in [3.8, 4) is 5.75 Å². The zero-order valence-electron chi connectivity index (χ0n) is 11.4. The average molecular weight is 299 g/mol. The fraction of sp³-hybridized carbons (Fsp3) is 0.500. The molecule has 1 atom stereocenters. The maximum Gasteiger partial charge on any atom is 0.253 e. The second-order valence-electron chi connectivity index (χ2n) is 4.76. The summed E-state index contributed by atoms with van der Waals surface area (Å²) in [5.74, 6) is -0.284. The van der Waals surface area contributed by atoms with Crippen LogP contribution in [0, 0.1) is 0 Å². The molecule has 0 saturated carbocycles. The third kappa shape index (κ3) is 3.85. The van der Waals surface area contributed by atoms with Crippen molar-refractivity contribution in [3.05, 3.63) is 28.8 Å². The second-order valence-corrected chi connectivity index (χ2v) is 5.17. The van der Waals surface area contributed by atoms with Gasteiger partial charge in [0.25, 0.3) is 5.91 Å². The van der Waals surface area contributed by atoms with E-state index >= 15 is 0 Å². The van der Waals surface area contributed by atoms with Crippen molar-refractivity contribution >= 4 is 17.5 Å². The van der Waals surface area contributed by atoms with E-state index in [4.69, 9.17) is 16.3 Å². The Labute approximate surface area is 123 Å². The Morgan fingerprint density at radius 3 is 3.15 bits per heavy atom. The zero-order chi connectivity index (χ0) is 14.5. The predicted octanol–water partition coefficient (Wildman–Crippen LogP) is 1.50. The number of carbonyl (C=O) groups excluding carboxylic acids is 1. The molecule has 1 aromatic rings. The van der Waals surface area contributed by atoms with Crippen molar-refractivity contribution in [2.24, 2.45) is 0 Å². The van der Waals surface area contributed by atoms with Crippen LogP contribution in [0.25, 0.3) is 0 Å². The Morgan fingerprint density at radius 2 is 2.40 bits per heavy atom. The highest BCUT2D eigenvalue weighted by atomic mass is 35.5. The first kappa shape index (κ1) is 15.1. The van der Waals surface area contributed by atoms with Crippen LogP contribution in [0.2, 0.25) is 5.02 Å². The SMILES string of the molecule is CCN1CCOC(CNC(=O)c2cc(O)ccc2Cl)C1. The number of nitrogens with zero attached hydrogens (tertiary/aromatic N) is 1. The van der Waals surface area contributed by atoms with Gasteiger partial charge in [0.2, 0.25) is 0 Å². The molecular weight excluding hydrogens is 280 g/mol. The van der Waals surface area contributed by atoms with Crippen molar-refractivity contribution in [1.82, 2.24) is 10.2 Å². The van der Waals surface area contributed by atoms with Gasteiger partial charge < -0.3 is 15.2 Å². The van der Waals surface area contributed by atoms with Gasteiger partial charge >= 0.3 is 0 Å². The summed E-state index contributed by atoms with van der Waals surface area (Å²) in [6.07, 6.45) is -0.0104. The molecule has 0 aliphatic carbocycles. The number of aromatic hydroxyl groups is 1. The molecular formula is C14H19ClN2O3. The molecule has 1 saturated heterocycles. The number of amides is 1. The minimum Gasteiger partial charge on any atom is -0.508 e. The summed E-state index contributed by atoms with van der Waals surface area (Å²) in [6.45, 7) is 5.94. The van der Waals surface area contributed by atoms with E-state index in [0.29, 0.717) is 18.2 Å². The fourth-order valence-electron chi connectivity index (χ4n) is 2.18. The third-order valence-corrected chi connectivity index (χ3v) is 3.68. The van der Waals surface area contributed by atoms with Gasteiger partial charge in [-0.1, -0.05) is 18.5 Å². The highest BCUT2D eigenvalue weighted by molar-refractivity contribution is 6.33. The quantitative estimate of drug-likeness (QED) is 0.884. The largest absolute Gasteiger partial charge is 0.508 e. The summed E-state index contributed by atoms with van der Waals surface area (Å²) in [4.78, 5) is 14.3. The molecule has 1 fully saturated rings. The van der Waals surface area contributed by atoms with Gasteiger partial charge in [-0.15, -0.1) is 0 Å². The third-order valence-electron chi connectivity index (χ3n) is 3.35. The van der Waals surface area contributed by atoms with E-state index in [9.17, 15) is 9.90 Å². The van der Waals surface area contributed by atoms with Gasteiger partial charge in [-0.05, 0) is 24.7 Å². The van der Waals surface area contributed by atoms with Gasteiger partial charge in [-0.2, -0.15) is 0 Å². The van der Waals surface area contributed by atoms with Crippen LogP contribution in [0.4, 0.5) is 0 Å². The van der Waals surface area contributed by atoms with E-state index in [0.717, 1.165) is 19.6 Å². The minimum atomic E-state index is -0.303. The lowest BCUT2D eigenvalue weighted by Crippen LogP contribution is -2.47. The van der Waals surface area contributed by atoms with E-state index in [-0.39, 0.29) is 23.3 Å². The van der Waals surface area contributed by atoms with Gasteiger partial charge in [0.05, 0.1) is 23.3 Å². The van der Waals surface area contributed by atoms with E-state index in [1.165, 1.54) is 18.2 Å². The number of halogens is 1. The lowest BCUT2D eigenvalue weighted by atomic mass is 10.2. The molecule has 1 amide bonds. The van der Waals surface area contributed by atoms with Crippen LogP contribution < -0.4 is 5.32 Å². The van der Waals surface area contributed by atoms with Gasteiger partial charge in [0.15, 0.2) is 0 Å². The van der Waals surface area contributed by atoms with Crippen LogP contribution in [-0.4, -0.2) is 54.8 Å². The molecule has 0 bridgehead atoms. The normalized spacial score (nSPS) is 19.8. The number of ether oxygens (including phenoxy) is 1. The molecule has 1 unspecified atom stereocenters. The molecule has 0 radical (unpaired) electrons. The molecule has 0 spiro atoms. The van der Waals surface area contributed by atoms with Gasteiger partial charge in [0, 0.05) is 19.6 Å². The standard InChI is InChI=1S/C14H19ClN2O3/c1-2-17-5-6-20-11(9-17)8-16-14(19)12-7-10(18)3-4-13(12)15/h3-4,7,11,18H,2,5-6,8-9H2,1H3,(H,16,19). The highest BCUT2D eigenvalue weighted by Gasteiger charge is 2.20. The van der Waals surface area contributed by atoms with Crippen LogP contribution >= 0.6 is 11.6 Å². The van der Waals surface area contributed by atoms with Crippen LogP contribution in [0.5, 0.6) is 5.75 Å².